The number of nitrogens with one attached hydrogen (secondary N) is 1. The maximum atomic E-state index is 12.6. The summed E-state index contributed by atoms with van der Waals surface area (Å²) in [7, 11) is -7.28. The van der Waals surface area contributed by atoms with Gasteiger partial charge in [-0.1, -0.05) is 18.7 Å². The van der Waals surface area contributed by atoms with Crippen molar-refractivity contribution in [1.29, 1.82) is 5.26 Å². The molecule has 1 aromatic carbocycles. The first-order chi connectivity index (χ1) is 10.8. The van der Waals surface area contributed by atoms with Gasteiger partial charge in [-0.2, -0.15) is 9.57 Å². The Morgan fingerprint density at radius 2 is 2.04 bits per heavy atom. The molecule has 9 heteroatoms. The standard InChI is InChI=1S/C14H17N3O4S2/c1-2-22(18,19)16-10-12-7-8-17(11-12)23(20,21)14-6-4-3-5-13(14)9-15/h2-6,12,16H,1,7-8,10-11H2. The Labute approximate surface area is 136 Å². The molecule has 0 amide bonds. The van der Waals surface area contributed by atoms with Crippen LogP contribution in [-0.2, 0) is 20.0 Å². The Morgan fingerprint density at radius 1 is 1.35 bits per heavy atom. The van der Waals surface area contributed by atoms with Crippen LogP contribution in [0.1, 0.15) is 12.0 Å². The number of sulfonamides is 2. The minimum atomic E-state index is -3.76. The van der Waals surface area contributed by atoms with Gasteiger partial charge in [0.15, 0.2) is 0 Å². The molecular weight excluding hydrogens is 338 g/mol. The van der Waals surface area contributed by atoms with E-state index in [9.17, 15) is 16.8 Å². The minimum Gasteiger partial charge on any atom is -0.211 e. The molecule has 0 aliphatic carbocycles. The zero-order valence-electron chi connectivity index (χ0n) is 12.3. The Balaban J connectivity index is 2.12. The van der Waals surface area contributed by atoms with Crippen molar-refractivity contribution in [2.45, 2.75) is 11.3 Å². The first-order valence-corrected chi connectivity index (χ1v) is 9.90. The molecule has 1 saturated heterocycles. The highest BCUT2D eigenvalue weighted by molar-refractivity contribution is 7.92. The molecule has 1 fully saturated rings. The molecule has 1 aromatic rings. The molecule has 1 aliphatic rings. The van der Waals surface area contributed by atoms with Crippen LogP contribution in [0.5, 0.6) is 0 Å². The van der Waals surface area contributed by atoms with Gasteiger partial charge >= 0.3 is 0 Å². The molecule has 23 heavy (non-hydrogen) atoms. The highest BCUT2D eigenvalue weighted by atomic mass is 32.2. The maximum absolute atomic E-state index is 12.6. The Bertz CT molecular complexity index is 841. The molecule has 2 rings (SSSR count). The summed E-state index contributed by atoms with van der Waals surface area (Å²) in [4.78, 5) is -0.0187. The fourth-order valence-electron chi connectivity index (χ4n) is 2.40. The molecule has 1 unspecified atom stereocenters. The third-order valence-electron chi connectivity index (χ3n) is 3.67. The van der Waals surface area contributed by atoms with Crippen LogP contribution in [0.15, 0.2) is 41.1 Å². The first kappa shape index (κ1) is 17.6. The molecule has 0 aromatic heterocycles. The summed E-state index contributed by atoms with van der Waals surface area (Å²) in [6, 6.07) is 7.92. The summed E-state index contributed by atoms with van der Waals surface area (Å²) >= 11 is 0. The topological polar surface area (TPSA) is 107 Å². The van der Waals surface area contributed by atoms with E-state index in [2.05, 4.69) is 11.3 Å². The second kappa shape index (κ2) is 6.80. The highest BCUT2D eigenvalue weighted by Crippen LogP contribution is 2.26. The lowest BCUT2D eigenvalue weighted by atomic mass is 10.1. The smallest absolute Gasteiger partial charge is 0.211 e. The molecule has 1 aliphatic heterocycles. The van der Waals surface area contributed by atoms with Crippen LogP contribution in [0.25, 0.3) is 0 Å². The van der Waals surface area contributed by atoms with Crippen molar-refractivity contribution < 1.29 is 16.8 Å². The average molecular weight is 355 g/mol. The molecule has 0 bridgehead atoms. The second-order valence-corrected chi connectivity index (χ2v) is 8.80. The summed E-state index contributed by atoms with van der Waals surface area (Å²) in [5.74, 6) is -0.117. The second-order valence-electron chi connectivity index (χ2n) is 5.19. The van der Waals surface area contributed by atoms with Gasteiger partial charge in [-0.25, -0.2) is 21.6 Å². The van der Waals surface area contributed by atoms with E-state index in [1.54, 1.807) is 12.1 Å². The van der Waals surface area contributed by atoms with Crippen molar-refractivity contribution >= 4 is 20.0 Å². The van der Waals surface area contributed by atoms with Crippen molar-refractivity contribution in [1.82, 2.24) is 9.03 Å². The van der Waals surface area contributed by atoms with Crippen molar-refractivity contribution in [2.24, 2.45) is 5.92 Å². The molecule has 0 radical (unpaired) electrons. The lowest BCUT2D eigenvalue weighted by molar-refractivity contribution is 0.454. The maximum Gasteiger partial charge on any atom is 0.244 e. The predicted molar refractivity (Wildman–Crippen MR) is 85.1 cm³/mol. The Hall–Kier alpha value is -1.73. The number of hydrogen-bond donors (Lipinski definition) is 1. The number of hydrogen-bond acceptors (Lipinski definition) is 5. The summed E-state index contributed by atoms with van der Waals surface area (Å²) in [6.45, 7) is 3.86. The van der Waals surface area contributed by atoms with Gasteiger partial charge in [0.1, 0.15) is 6.07 Å². The number of nitriles is 1. The highest BCUT2D eigenvalue weighted by Gasteiger charge is 2.34. The molecule has 0 spiro atoms. The van der Waals surface area contributed by atoms with Crippen LogP contribution in [-0.4, -0.2) is 40.8 Å². The van der Waals surface area contributed by atoms with E-state index in [1.165, 1.54) is 16.4 Å². The van der Waals surface area contributed by atoms with Gasteiger partial charge in [0, 0.05) is 25.0 Å². The quantitative estimate of drug-likeness (QED) is 0.805. The van der Waals surface area contributed by atoms with Gasteiger partial charge in [-0.05, 0) is 24.5 Å². The van der Waals surface area contributed by atoms with Crippen molar-refractivity contribution in [2.75, 3.05) is 19.6 Å². The predicted octanol–water partition coefficient (Wildman–Crippen LogP) is 0.632. The number of benzene rings is 1. The monoisotopic (exact) mass is 355 g/mol. The van der Waals surface area contributed by atoms with Gasteiger partial charge in [0.05, 0.1) is 10.5 Å². The van der Waals surface area contributed by atoms with Gasteiger partial charge < -0.3 is 0 Å². The van der Waals surface area contributed by atoms with Gasteiger partial charge in [-0.3, -0.25) is 0 Å². The van der Waals surface area contributed by atoms with E-state index in [-0.39, 0.29) is 29.5 Å². The third-order valence-corrected chi connectivity index (χ3v) is 6.60. The van der Waals surface area contributed by atoms with E-state index in [0.717, 1.165) is 5.41 Å². The molecule has 0 saturated carbocycles. The van der Waals surface area contributed by atoms with Crippen molar-refractivity contribution in [3.05, 3.63) is 41.8 Å². The van der Waals surface area contributed by atoms with Crippen LogP contribution in [0.4, 0.5) is 0 Å². The molecule has 1 N–H and O–H groups in total. The zero-order chi connectivity index (χ0) is 17.1. The fraction of sp³-hybridized carbons (Fsp3) is 0.357. The summed E-state index contributed by atoms with van der Waals surface area (Å²) < 4.78 is 51.6. The molecule has 7 nitrogen and oxygen atoms in total. The number of rotatable bonds is 6. The van der Waals surface area contributed by atoms with Crippen LogP contribution in [0.2, 0.25) is 0 Å². The van der Waals surface area contributed by atoms with E-state index >= 15 is 0 Å². The van der Waals surface area contributed by atoms with Crippen molar-refractivity contribution in [3.8, 4) is 6.07 Å². The van der Waals surface area contributed by atoms with Crippen LogP contribution in [0, 0.1) is 17.2 Å². The van der Waals surface area contributed by atoms with E-state index < -0.39 is 20.0 Å². The van der Waals surface area contributed by atoms with Gasteiger partial charge in [-0.15, -0.1) is 0 Å². The third kappa shape index (κ3) is 3.97. The normalized spacial score (nSPS) is 19.3. The first-order valence-electron chi connectivity index (χ1n) is 6.91. The minimum absolute atomic E-state index is 0.0187. The molecule has 124 valence electrons. The van der Waals surface area contributed by atoms with E-state index in [4.69, 9.17) is 5.26 Å². The largest absolute Gasteiger partial charge is 0.244 e. The lowest BCUT2D eigenvalue weighted by Crippen LogP contribution is -2.32. The average Bonchev–Trinajstić information content (AvgIpc) is 3.03. The van der Waals surface area contributed by atoms with Crippen molar-refractivity contribution in [3.63, 3.8) is 0 Å². The lowest BCUT2D eigenvalue weighted by Gasteiger charge is -2.17. The molecule has 1 atom stereocenters. The fourth-order valence-corrected chi connectivity index (χ4v) is 4.66. The SMILES string of the molecule is C=CS(=O)(=O)NCC1CCN(S(=O)(=O)c2ccccc2C#N)C1. The van der Waals surface area contributed by atoms with Gasteiger partial charge in [0.2, 0.25) is 20.0 Å². The summed E-state index contributed by atoms with van der Waals surface area (Å²) in [5, 5.41) is 9.88. The van der Waals surface area contributed by atoms with Crippen LogP contribution < -0.4 is 4.72 Å². The summed E-state index contributed by atoms with van der Waals surface area (Å²) in [6.07, 6.45) is 0.549. The van der Waals surface area contributed by atoms with Gasteiger partial charge in [0.25, 0.3) is 0 Å². The van der Waals surface area contributed by atoms with Crippen LogP contribution >= 0.6 is 0 Å². The van der Waals surface area contributed by atoms with Crippen LogP contribution in [0.3, 0.4) is 0 Å². The summed E-state index contributed by atoms with van der Waals surface area (Å²) in [5.41, 5.74) is 0.100. The molecule has 1 heterocycles. The van der Waals surface area contributed by atoms with E-state index in [0.29, 0.717) is 13.0 Å². The molecular formula is C14H17N3O4S2. The Morgan fingerprint density at radius 3 is 2.70 bits per heavy atom. The Kier molecular flexibility index (Phi) is 5.21. The zero-order valence-corrected chi connectivity index (χ0v) is 14.0. The number of nitrogens with zero attached hydrogens (tertiary/aromatic N) is 2. The van der Waals surface area contributed by atoms with E-state index in [1.807, 2.05) is 6.07 Å².